The summed E-state index contributed by atoms with van der Waals surface area (Å²) in [4.78, 5) is 22.8. The van der Waals surface area contributed by atoms with Crippen molar-refractivity contribution in [3.63, 3.8) is 0 Å². The Bertz CT molecular complexity index is 375. The number of amides is 1. The van der Waals surface area contributed by atoms with Crippen LogP contribution >= 0.6 is 0 Å². The third-order valence-electron chi connectivity index (χ3n) is 1.98. The van der Waals surface area contributed by atoms with Gasteiger partial charge in [-0.15, -0.1) is 0 Å². The lowest BCUT2D eigenvalue weighted by Crippen LogP contribution is -2.30. The molecule has 1 rings (SSSR count). The summed E-state index contributed by atoms with van der Waals surface area (Å²) in [6, 6.07) is 6.72. The van der Waals surface area contributed by atoms with E-state index in [-0.39, 0.29) is 11.7 Å². The summed E-state index contributed by atoms with van der Waals surface area (Å²) in [7, 11) is 0. The van der Waals surface area contributed by atoms with E-state index in [2.05, 4.69) is 5.32 Å². The zero-order valence-electron chi connectivity index (χ0n) is 8.62. The maximum absolute atomic E-state index is 11.6. The van der Waals surface area contributed by atoms with Crippen molar-refractivity contribution in [2.75, 3.05) is 13.1 Å². The van der Waals surface area contributed by atoms with Crippen molar-refractivity contribution in [1.82, 2.24) is 5.32 Å². The van der Waals surface area contributed by atoms with Crippen molar-refractivity contribution in [3.05, 3.63) is 35.4 Å². The highest BCUT2D eigenvalue weighted by atomic mass is 16.2. The van der Waals surface area contributed by atoms with Crippen LogP contribution in [0.3, 0.4) is 0 Å². The van der Waals surface area contributed by atoms with E-state index in [0.717, 1.165) is 0 Å². The Morgan fingerprint density at radius 3 is 2.40 bits per heavy atom. The number of carbonyl (C=O) groups is 2. The van der Waals surface area contributed by atoms with Crippen LogP contribution in [0.4, 0.5) is 0 Å². The molecule has 0 aliphatic heterocycles. The SMILES string of the molecule is CC(=O)c1ccccc1C(=O)NCCN. The average Bonchev–Trinajstić information content (AvgIpc) is 2.25. The van der Waals surface area contributed by atoms with Gasteiger partial charge < -0.3 is 11.1 Å². The van der Waals surface area contributed by atoms with Gasteiger partial charge in [0, 0.05) is 18.7 Å². The molecule has 0 saturated carbocycles. The number of ketones is 1. The summed E-state index contributed by atoms with van der Waals surface area (Å²) in [5, 5.41) is 2.63. The van der Waals surface area contributed by atoms with Gasteiger partial charge in [-0.25, -0.2) is 0 Å². The molecule has 1 aromatic carbocycles. The number of nitrogens with two attached hydrogens (primary N) is 1. The first-order valence-corrected chi connectivity index (χ1v) is 4.75. The van der Waals surface area contributed by atoms with E-state index in [1.54, 1.807) is 24.3 Å². The molecular formula is C11H14N2O2. The molecule has 0 aliphatic carbocycles. The van der Waals surface area contributed by atoms with Gasteiger partial charge in [0.05, 0.1) is 5.56 Å². The van der Waals surface area contributed by atoms with Crippen LogP contribution < -0.4 is 11.1 Å². The topological polar surface area (TPSA) is 72.2 Å². The molecule has 0 fully saturated rings. The molecule has 1 amide bonds. The summed E-state index contributed by atoms with van der Waals surface area (Å²) in [6.07, 6.45) is 0. The van der Waals surface area contributed by atoms with Gasteiger partial charge in [-0.2, -0.15) is 0 Å². The minimum absolute atomic E-state index is 0.117. The first-order chi connectivity index (χ1) is 7.16. The molecular weight excluding hydrogens is 192 g/mol. The summed E-state index contributed by atoms with van der Waals surface area (Å²) in [6.45, 7) is 2.23. The standard InChI is InChI=1S/C11H14N2O2/c1-8(14)9-4-2-3-5-10(9)11(15)13-7-6-12/h2-5H,6-7,12H2,1H3,(H,13,15). The number of rotatable bonds is 4. The number of Topliss-reactive ketones (excluding diaryl/α,β-unsaturated/α-hetero) is 1. The van der Waals surface area contributed by atoms with Crippen LogP contribution in [0, 0.1) is 0 Å². The van der Waals surface area contributed by atoms with Crippen molar-refractivity contribution >= 4 is 11.7 Å². The van der Waals surface area contributed by atoms with Gasteiger partial charge in [0.2, 0.25) is 0 Å². The van der Waals surface area contributed by atoms with Crippen LogP contribution in [0.25, 0.3) is 0 Å². The molecule has 3 N–H and O–H groups in total. The summed E-state index contributed by atoms with van der Waals surface area (Å²) >= 11 is 0. The predicted octanol–water partition coefficient (Wildman–Crippen LogP) is 0.578. The number of benzene rings is 1. The van der Waals surface area contributed by atoms with Gasteiger partial charge in [0.25, 0.3) is 5.91 Å². The summed E-state index contributed by atoms with van der Waals surface area (Å²) in [5.74, 6) is -0.375. The monoisotopic (exact) mass is 206 g/mol. The van der Waals surface area contributed by atoms with Crippen LogP contribution in [0.15, 0.2) is 24.3 Å². The molecule has 15 heavy (non-hydrogen) atoms. The Hall–Kier alpha value is -1.68. The molecule has 0 atom stereocenters. The zero-order valence-corrected chi connectivity index (χ0v) is 8.62. The number of hydrogen-bond acceptors (Lipinski definition) is 3. The van der Waals surface area contributed by atoms with E-state index in [4.69, 9.17) is 5.73 Å². The number of hydrogen-bond donors (Lipinski definition) is 2. The maximum atomic E-state index is 11.6. The van der Waals surface area contributed by atoms with Crippen molar-refractivity contribution in [3.8, 4) is 0 Å². The quantitative estimate of drug-likeness (QED) is 0.708. The molecule has 80 valence electrons. The van der Waals surface area contributed by atoms with Gasteiger partial charge in [-0.1, -0.05) is 18.2 Å². The van der Waals surface area contributed by atoms with Gasteiger partial charge in [-0.3, -0.25) is 9.59 Å². The molecule has 4 nitrogen and oxygen atoms in total. The molecule has 0 unspecified atom stereocenters. The number of carbonyl (C=O) groups excluding carboxylic acids is 2. The van der Waals surface area contributed by atoms with Crippen LogP contribution in [-0.2, 0) is 0 Å². The molecule has 0 spiro atoms. The minimum atomic E-state index is -0.258. The lowest BCUT2D eigenvalue weighted by molar-refractivity contribution is 0.0939. The van der Waals surface area contributed by atoms with E-state index in [9.17, 15) is 9.59 Å². The van der Waals surface area contributed by atoms with Crippen molar-refractivity contribution in [2.24, 2.45) is 5.73 Å². The zero-order chi connectivity index (χ0) is 11.3. The smallest absolute Gasteiger partial charge is 0.252 e. The summed E-state index contributed by atoms with van der Waals surface area (Å²) < 4.78 is 0. The highest BCUT2D eigenvalue weighted by molar-refractivity contribution is 6.07. The molecule has 4 heteroatoms. The second kappa shape index (κ2) is 5.26. The molecule has 0 radical (unpaired) electrons. The number of nitrogens with one attached hydrogen (secondary N) is 1. The van der Waals surface area contributed by atoms with E-state index in [1.165, 1.54) is 6.92 Å². The Morgan fingerprint density at radius 1 is 1.27 bits per heavy atom. The highest BCUT2D eigenvalue weighted by Crippen LogP contribution is 2.08. The van der Waals surface area contributed by atoms with E-state index < -0.39 is 0 Å². The fraction of sp³-hybridized carbons (Fsp3) is 0.273. The summed E-state index contributed by atoms with van der Waals surface area (Å²) in [5.41, 5.74) is 6.11. The maximum Gasteiger partial charge on any atom is 0.252 e. The molecule has 0 aromatic heterocycles. The molecule has 0 heterocycles. The van der Waals surface area contributed by atoms with E-state index in [1.807, 2.05) is 0 Å². The van der Waals surface area contributed by atoms with Crippen molar-refractivity contribution in [1.29, 1.82) is 0 Å². The van der Waals surface area contributed by atoms with Crippen LogP contribution in [0.1, 0.15) is 27.6 Å². The first kappa shape index (κ1) is 11.4. The second-order valence-electron chi connectivity index (χ2n) is 3.15. The van der Waals surface area contributed by atoms with Crippen molar-refractivity contribution in [2.45, 2.75) is 6.92 Å². The normalized spacial score (nSPS) is 9.73. The minimum Gasteiger partial charge on any atom is -0.351 e. The molecule has 1 aromatic rings. The van der Waals surface area contributed by atoms with Gasteiger partial charge >= 0.3 is 0 Å². The van der Waals surface area contributed by atoms with E-state index >= 15 is 0 Å². The van der Waals surface area contributed by atoms with Crippen molar-refractivity contribution < 1.29 is 9.59 Å². The van der Waals surface area contributed by atoms with Gasteiger partial charge in [0.1, 0.15) is 0 Å². The largest absolute Gasteiger partial charge is 0.351 e. The second-order valence-corrected chi connectivity index (χ2v) is 3.15. The molecule has 0 bridgehead atoms. The molecule has 0 aliphatic rings. The first-order valence-electron chi connectivity index (χ1n) is 4.75. The fourth-order valence-corrected chi connectivity index (χ4v) is 1.27. The predicted molar refractivity (Wildman–Crippen MR) is 57.8 cm³/mol. The lowest BCUT2D eigenvalue weighted by atomic mass is 10.0. The third-order valence-corrected chi connectivity index (χ3v) is 1.98. The Labute approximate surface area is 88.5 Å². The van der Waals surface area contributed by atoms with Crippen LogP contribution in [0.2, 0.25) is 0 Å². The molecule has 0 saturated heterocycles. The van der Waals surface area contributed by atoms with E-state index in [0.29, 0.717) is 24.2 Å². The van der Waals surface area contributed by atoms with Crippen LogP contribution in [-0.4, -0.2) is 24.8 Å². The highest BCUT2D eigenvalue weighted by Gasteiger charge is 2.12. The lowest BCUT2D eigenvalue weighted by Gasteiger charge is -2.06. The average molecular weight is 206 g/mol. The third kappa shape index (κ3) is 2.89. The Morgan fingerprint density at radius 2 is 1.87 bits per heavy atom. The van der Waals surface area contributed by atoms with Crippen LogP contribution in [0.5, 0.6) is 0 Å². The Balaban J connectivity index is 2.92. The van der Waals surface area contributed by atoms with Gasteiger partial charge in [-0.05, 0) is 13.0 Å². The Kier molecular flexibility index (Phi) is 4.00. The fourth-order valence-electron chi connectivity index (χ4n) is 1.27. The van der Waals surface area contributed by atoms with Gasteiger partial charge in [0.15, 0.2) is 5.78 Å².